The maximum Gasteiger partial charge on any atom is 0.160 e. The molecule has 0 spiro atoms. The van der Waals surface area contributed by atoms with Crippen molar-refractivity contribution in [1.82, 2.24) is 4.90 Å². The highest BCUT2D eigenvalue weighted by molar-refractivity contribution is 6.32. The van der Waals surface area contributed by atoms with E-state index in [0.29, 0.717) is 23.1 Å². The average Bonchev–Trinajstić information content (AvgIpc) is 2.28. The van der Waals surface area contributed by atoms with Crippen LogP contribution in [0.5, 0.6) is 5.75 Å². The summed E-state index contributed by atoms with van der Waals surface area (Å²) in [6.07, 6.45) is 0.0735. The highest BCUT2D eigenvalue weighted by Crippen LogP contribution is 2.30. The third kappa shape index (κ3) is 3.25. The van der Waals surface area contributed by atoms with Gasteiger partial charge in [-0.05, 0) is 19.2 Å². The fraction of sp³-hybridized carbons (Fsp3) is 0.500. The molecular weight excluding hydrogens is 240 g/mol. The Bertz CT molecular complexity index is 367. The largest absolute Gasteiger partial charge is 0.487 e. The summed E-state index contributed by atoms with van der Waals surface area (Å²) in [5, 5.41) is 0.536. The van der Waals surface area contributed by atoms with Crippen LogP contribution in [0.15, 0.2) is 18.2 Å². The minimum atomic E-state index is 0.0735. The van der Waals surface area contributed by atoms with Crippen LogP contribution in [0.2, 0.25) is 5.02 Å². The van der Waals surface area contributed by atoms with Gasteiger partial charge >= 0.3 is 0 Å². The van der Waals surface area contributed by atoms with Crippen LogP contribution in [0.1, 0.15) is 0 Å². The van der Waals surface area contributed by atoms with Gasteiger partial charge in [0.25, 0.3) is 0 Å². The molecular formula is C12H17ClN2O2. The van der Waals surface area contributed by atoms with Crippen LogP contribution in [0.25, 0.3) is 0 Å². The lowest BCUT2D eigenvalue weighted by Gasteiger charge is -2.30. The first kappa shape index (κ1) is 12.5. The second-order valence-corrected chi connectivity index (χ2v) is 4.63. The lowest BCUT2D eigenvalue weighted by atomic mass is 10.3. The highest BCUT2D eigenvalue weighted by atomic mass is 35.5. The molecule has 2 rings (SSSR count). The first-order valence-electron chi connectivity index (χ1n) is 5.64. The van der Waals surface area contributed by atoms with E-state index in [2.05, 4.69) is 11.9 Å². The monoisotopic (exact) mass is 256 g/mol. The van der Waals surface area contributed by atoms with E-state index in [4.69, 9.17) is 26.8 Å². The van der Waals surface area contributed by atoms with Crippen molar-refractivity contribution >= 4 is 17.3 Å². The summed E-state index contributed by atoms with van der Waals surface area (Å²) in [5.41, 5.74) is 6.36. The van der Waals surface area contributed by atoms with Gasteiger partial charge in [-0.25, -0.2) is 0 Å². The molecule has 5 heteroatoms. The topological polar surface area (TPSA) is 47.7 Å². The van der Waals surface area contributed by atoms with Crippen molar-refractivity contribution in [2.45, 2.75) is 6.10 Å². The van der Waals surface area contributed by atoms with Crippen molar-refractivity contribution < 1.29 is 9.47 Å². The van der Waals surface area contributed by atoms with Crippen molar-refractivity contribution in [2.75, 3.05) is 39.1 Å². The van der Waals surface area contributed by atoms with E-state index in [1.807, 2.05) is 0 Å². The molecule has 1 saturated heterocycles. The minimum Gasteiger partial charge on any atom is -0.487 e. The number of anilines is 1. The number of nitrogen functional groups attached to an aromatic ring is 1. The van der Waals surface area contributed by atoms with Crippen LogP contribution in [-0.2, 0) is 4.74 Å². The molecule has 0 aliphatic carbocycles. The lowest BCUT2D eigenvalue weighted by Crippen LogP contribution is -2.42. The summed E-state index contributed by atoms with van der Waals surface area (Å²) in [6.45, 7) is 3.04. The predicted octanol–water partition coefficient (Wildman–Crippen LogP) is 1.63. The first-order chi connectivity index (χ1) is 8.16. The van der Waals surface area contributed by atoms with Gasteiger partial charge in [-0.3, -0.25) is 0 Å². The average molecular weight is 257 g/mol. The Balaban J connectivity index is 1.93. The molecule has 1 aliphatic rings. The molecule has 1 aromatic carbocycles. The summed E-state index contributed by atoms with van der Waals surface area (Å²) in [5.74, 6) is 0.547. The molecule has 1 heterocycles. The number of nitrogens with zero attached hydrogens (tertiary/aromatic N) is 1. The second-order valence-electron chi connectivity index (χ2n) is 4.22. The number of hydrogen-bond acceptors (Lipinski definition) is 4. The number of morpholine rings is 1. The fourth-order valence-electron chi connectivity index (χ4n) is 1.82. The van der Waals surface area contributed by atoms with Gasteiger partial charge in [0.2, 0.25) is 0 Å². The van der Waals surface area contributed by atoms with E-state index >= 15 is 0 Å². The van der Waals surface area contributed by atoms with Gasteiger partial charge in [0.1, 0.15) is 12.7 Å². The molecule has 1 aromatic rings. The molecule has 0 bridgehead atoms. The second kappa shape index (κ2) is 5.58. The maximum atomic E-state index is 6.02. The number of halogens is 1. The van der Waals surface area contributed by atoms with E-state index in [0.717, 1.165) is 19.7 Å². The summed E-state index contributed by atoms with van der Waals surface area (Å²) < 4.78 is 11.2. The minimum absolute atomic E-state index is 0.0735. The predicted molar refractivity (Wildman–Crippen MR) is 68.6 cm³/mol. The molecule has 0 saturated carbocycles. The van der Waals surface area contributed by atoms with E-state index in [-0.39, 0.29) is 6.10 Å². The number of benzene rings is 1. The molecule has 1 unspecified atom stereocenters. The molecule has 2 N–H and O–H groups in total. The van der Waals surface area contributed by atoms with Crippen LogP contribution in [0.3, 0.4) is 0 Å². The summed E-state index contributed by atoms with van der Waals surface area (Å²) in [7, 11) is 2.07. The third-order valence-corrected chi connectivity index (χ3v) is 3.05. The molecule has 1 fully saturated rings. The van der Waals surface area contributed by atoms with Crippen molar-refractivity contribution in [2.24, 2.45) is 0 Å². The zero-order valence-corrected chi connectivity index (χ0v) is 10.6. The number of para-hydroxylation sites is 1. The Morgan fingerprint density at radius 1 is 1.59 bits per heavy atom. The first-order valence-corrected chi connectivity index (χ1v) is 6.01. The molecule has 94 valence electrons. The maximum absolute atomic E-state index is 6.02. The fourth-order valence-corrected chi connectivity index (χ4v) is 2.06. The molecule has 4 nitrogen and oxygen atoms in total. The van der Waals surface area contributed by atoms with E-state index in [1.165, 1.54) is 0 Å². The van der Waals surface area contributed by atoms with Gasteiger partial charge in [0, 0.05) is 13.1 Å². The van der Waals surface area contributed by atoms with E-state index < -0.39 is 0 Å². The summed E-state index contributed by atoms with van der Waals surface area (Å²) >= 11 is 6.02. The third-order valence-electron chi connectivity index (χ3n) is 2.75. The Morgan fingerprint density at radius 3 is 3.12 bits per heavy atom. The standard InChI is InChI=1S/C12H17ClN2O2/c1-15-5-6-16-9(7-15)8-17-12-10(13)3-2-4-11(12)14/h2-4,9H,5-8,14H2,1H3. The zero-order valence-electron chi connectivity index (χ0n) is 9.86. The summed E-state index contributed by atoms with van der Waals surface area (Å²) in [6, 6.07) is 5.34. The van der Waals surface area contributed by atoms with Crippen LogP contribution in [0.4, 0.5) is 5.69 Å². The van der Waals surface area contributed by atoms with E-state index in [1.54, 1.807) is 18.2 Å². The quantitative estimate of drug-likeness (QED) is 0.836. The van der Waals surface area contributed by atoms with Gasteiger partial charge in [-0.2, -0.15) is 0 Å². The van der Waals surface area contributed by atoms with Gasteiger partial charge in [-0.15, -0.1) is 0 Å². The van der Waals surface area contributed by atoms with Crippen LogP contribution in [0, 0.1) is 0 Å². The number of rotatable bonds is 3. The smallest absolute Gasteiger partial charge is 0.160 e. The van der Waals surface area contributed by atoms with Crippen molar-refractivity contribution in [3.05, 3.63) is 23.2 Å². The number of hydrogen-bond donors (Lipinski definition) is 1. The number of likely N-dealkylation sites (N-methyl/N-ethyl adjacent to an activating group) is 1. The normalized spacial score (nSPS) is 21.4. The summed E-state index contributed by atoms with van der Waals surface area (Å²) in [4.78, 5) is 2.22. The van der Waals surface area contributed by atoms with Crippen molar-refractivity contribution in [1.29, 1.82) is 0 Å². The molecule has 0 amide bonds. The van der Waals surface area contributed by atoms with Crippen molar-refractivity contribution in [3.8, 4) is 5.75 Å². The highest BCUT2D eigenvalue weighted by Gasteiger charge is 2.19. The van der Waals surface area contributed by atoms with Gasteiger partial charge in [0.15, 0.2) is 5.75 Å². The molecule has 0 aromatic heterocycles. The van der Waals surface area contributed by atoms with Gasteiger partial charge in [-0.1, -0.05) is 17.7 Å². The van der Waals surface area contributed by atoms with Gasteiger partial charge < -0.3 is 20.1 Å². The number of ether oxygens (including phenoxy) is 2. The van der Waals surface area contributed by atoms with Gasteiger partial charge in [0.05, 0.1) is 17.3 Å². The van der Waals surface area contributed by atoms with Crippen LogP contribution < -0.4 is 10.5 Å². The van der Waals surface area contributed by atoms with E-state index in [9.17, 15) is 0 Å². The Morgan fingerprint density at radius 2 is 2.41 bits per heavy atom. The SMILES string of the molecule is CN1CCOC(COc2c(N)cccc2Cl)C1. The molecule has 17 heavy (non-hydrogen) atoms. The van der Waals surface area contributed by atoms with Crippen LogP contribution in [-0.4, -0.2) is 44.4 Å². The number of nitrogens with two attached hydrogens (primary N) is 1. The molecule has 0 radical (unpaired) electrons. The Kier molecular flexibility index (Phi) is 4.10. The Hall–Kier alpha value is -0.970. The molecule has 1 aliphatic heterocycles. The molecule has 1 atom stereocenters. The van der Waals surface area contributed by atoms with Crippen molar-refractivity contribution in [3.63, 3.8) is 0 Å². The lowest BCUT2D eigenvalue weighted by molar-refractivity contribution is -0.0402. The van der Waals surface area contributed by atoms with Crippen LogP contribution >= 0.6 is 11.6 Å². The Labute approximate surface area is 106 Å². The zero-order chi connectivity index (χ0) is 12.3.